The second kappa shape index (κ2) is 10.4. The van der Waals surface area contributed by atoms with E-state index in [0.717, 1.165) is 31.4 Å². The van der Waals surface area contributed by atoms with Crippen LogP contribution < -0.4 is 16.2 Å². The monoisotopic (exact) mass is 484 g/mol. The maximum absolute atomic E-state index is 13.8. The van der Waals surface area contributed by atoms with Crippen LogP contribution in [0.15, 0.2) is 71.7 Å². The lowest BCUT2D eigenvalue weighted by Crippen LogP contribution is -2.46. The van der Waals surface area contributed by atoms with E-state index in [-0.39, 0.29) is 29.6 Å². The minimum atomic E-state index is -0.268. The predicted molar refractivity (Wildman–Crippen MR) is 144 cm³/mol. The first-order valence-electron chi connectivity index (χ1n) is 13.0. The van der Waals surface area contributed by atoms with Crippen molar-refractivity contribution in [1.29, 1.82) is 0 Å². The third-order valence-corrected chi connectivity index (χ3v) is 7.90. The van der Waals surface area contributed by atoms with Gasteiger partial charge < -0.3 is 15.2 Å². The lowest BCUT2D eigenvalue weighted by atomic mass is 10.0. The second-order valence-corrected chi connectivity index (χ2v) is 10.4. The van der Waals surface area contributed by atoms with Crippen LogP contribution in [0.2, 0.25) is 0 Å². The van der Waals surface area contributed by atoms with Crippen LogP contribution in [0.1, 0.15) is 41.5 Å². The molecule has 1 aromatic heterocycles. The highest BCUT2D eigenvalue weighted by atomic mass is 16.2. The molecule has 6 nitrogen and oxygen atoms in total. The highest BCUT2D eigenvalue weighted by Gasteiger charge is 2.43. The van der Waals surface area contributed by atoms with Crippen molar-refractivity contribution >= 4 is 11.6 Å². The Kier molecular flexibility index (Phi) is 7.08. The lowest BCUT2D eigenvalue weighted by molar-refractivity contribution is -0.122. The molecule has 3 heterocycles. The molecule has 3 aromatic rings. The van der Waals surface area contributed by atoms with Gasteiger partial charge in [-0.25, -0.2) is 0 Å². The first kappa shape index (κ1) is 24.5. The molecule has 188 valence electrons. The summed E-state index contributed by atoms with van der Waals surface area (Å²) < 4.78 is 1.71. The minimum absolute atomic E-state index is 0.00573. The van der Waals surface area contributed by atoms with E-state index in [1.807, 2.05) is 18.3 Å². The molecule has 2 saturated heterocycles. The van der Waals surface area contributed by atoms with Crippen LogP contribution in [0.4, 0.5) is 5.69 Å². The fraction of sp³-hybridized carbons (Fsp3) is 0.400. The van der Waals surface area contributed by atoms with Gasteiger partial charge in [-0.15, -0.1) is 0 Å². The number of aryl methyl sites for hydroxylation is 3. The molecule has 1 unspecified atom stereocenters. The number of nitrogens with two attached hydrogens (primary N) is 1. The number of carbonyl (C=O) groups is 1. The van der Waals surface area contributed by atoms with Crippen molar-refractivity contribution in [2.45, 2.75) is 64.2 Å². The van der Waals surface area contributed by atoms with Crippen molar-refractivity contribution in [3.8, 4) is 0 Å². The minimum Gasteiger partial charge on any atom is -0.326 e. The zero-order valence-electron chi connectivity index (χ0n) is 21.3. The number of nitrogens with zero attached hydrogens (tertiary/aromatic N) is 3. The molecule has 0 radical (unpaired) electrons. The van der Waals surface area contributed by atoms with Crippen LogP contribution in [0.5, 0.6) is 0 Å². The average molecular weight is 485 g/mol. The number of rotatable bonds is 6. The summed E-state index contributed by atoms with van der Waals surface area (Å²) in [4.78, 5) is 31.4. The first-order chi connectivity index (χ1) is 17.4. The average Bonchev–Trinajstić information content (AvgIpc) is 3.22. The van der Waals surface area contributed by atoms with Gasteiger partial charge in [-0.2, -0.15) is 0 Å². The van der Waals surface area contributed by atoms with Crippen LogP contribution in [0.3, 0.4) is 0 Å². The number of hydrogen-bond acceptors (Lipinski definition) is 4. The molecule has 3 atom stereocenters. The number of pyridine rings is 1. The van der Waals surface area contributed by atoms with Crippen LogP contribution in [0.25, 0.3) is 0 Å². The summed E-state index contributed by atoms with van der Waals surface area (Å²) in [6, 6.07) is 20.4. The third kappa shape index (κ3) is 5.01. The molecule has 2 aromatic carbocycles. The fourth-order valence-corrected chi connectivity index (χ4v) is 5.75. The largest absolute Gasteiger partial charge is 0.326 e. The van der Waals surface area contributed by atoms with Gasteiger partial charge in [-0.05, 0) is 73.9 Å². The molecule has 0 aliphatic carbocycles. The van der Waals surface area contributed by atoms with E-state index in [1.165, 1.54) is 16.7 Å². The van der Waals surface area contributed by atoms with Crippen molar-refractivity contribution in [3.05, 3.63) is 99.5 Å². The van der Waals surface area contributed by atoms with Gasteiger partial charge in [0.05, 0.1) is 12.6 Å². The summed E-state index contributed by atoms with van der Waals surface area (Å²) in [5, 5.41) is 0. The van der Waals surface area contributed by atoms with Gasteiger partial charge in [0.25, 0.3) is 5.56 Å². The van der Waals surface area contributed by atoms with Crippen LogP contribution in [-0.4, -0.2) is 46.6 Å². The van der Waals surface area contributed by atoms with Crippen LogP contribution >= 0.6 is 0 Å². The number of amides is 1. The zero-order valence-corrected chi connectivity index (χ0v) is 21.3. The van der Waals surface area contributed by atoms with Crippen molar-refractivity contribution < 1.29 is 4.79 Å². The SMILES string of the molecule is Cc1ccc(Cn2cccc(N3CCC(CCc4ccccc4)N4C[C@H](N)C[C@H]4C3=O)c2=O)cc1C. The fourth-order valence-electron chi connectivity index (χ4n) is 5.75. The van der Waals surface area contributed by atoms with Gasteiger partial charge in [0.15, 0.2) is 0 Å². The Bertz CT molecular complexity index is 1290. The van der Waals surface area contributed by atoms with Crippen LogP contribution in [-0.2, 0) is 17.8 Å². The van der Waals surface area contributed by atoms with E-state index in [4.69, 9.17) is 5.73 Å². The van der Waals surface area contributed by atoms with Crippen molar-refractivity contribution in [2.75, 3.05) is 18.0 Å². The summed E-state index contributed by atoms with van der Waals surface area (Å²) in [6.07, 6.45) is 5.21. The molecule has 6 heteroatoms. The molecule has 0 bridgehead atoms. The molecular weight excluding hydrogens is 448 g/mol. The quantitative estimate of drug-likeness (QED) is 0.580. The Morgan fingerprint density at radius 2 is 1.75 bits per heavy atom. The molecule has 36 heavy (non-hydrogen) atoms. The summed E-state index contributed by atoms with van der Waals surface area (Å²) in [6.45, 7) is 5.93. The lowest BCUT2D eigenvalue weighted by Gasteiger charge is -2.29. The summed E-state index contributed by atoms with van der Waals surface area (Å²) in [5.74, 6) is 0.00573. The van der Waals surface area contributed by atoms with Crippen molar-refractivity contribution in [2.24, 2.45) is 5.73 Å². The number of fused-ring (bicyclic) bond motifs is 1. The summed E-state index contributed by atoms with van der Waals surface area (Å²) >= 11 is 0. The molecular formula is C30H36N4O2. The van der Waals surface area contributed by atoms with Crippen molar-refractivity contribution in [3.63, 3.8) is 0 Å². The van der Waals surface area contributed by atoms with Gasteiger partial charge >= 0.3 is 0 Å². The van der Waals surface area contributed by atoms with Gasteiger partial charge in [-0.3, -0.25) is 14.5 Å². The van der Waals surface area contributed by atoms with Gasteiger partial charge in [0.2, 0.25) is 5.91 Å². The number of aromatic nitrogens is 1. The molecule has 2 N–H and O–H groups in total. The Balaban J connectivity index is 1.39. The highest BCUT2D eigenvalue weighted by Crippen LogP contribution is 2.30. The van der Waals surface area contributed by atoms with Gasteiger partial charge in [0, 0.05) is 31.4 Å². The van der Waals surface area contributed by atoms with Gasteiger partial charge in [0.1, 0.15) is 5.69 Å². The number of anilines is 1. The standard InChI is InChI=1S/C30H36N4O2/c1-21-10-11-24(17-22(21)2)19-32-15-6-9-27(29(32)35)33-16-14-26(13-12-23-7-4-3-5-8-23)34-20-25(31)18-28(34)30(33)36/h3-11,15,17,25-26,28H,12-14,16,18-20,31H2,1-2H3/t25-,26?,28+/m1/s1. The molecule has 5 rings (SSSR count). The Morgan fingerprint density at radius 1 is 0.944 bits per heavy atom. The normalized spacial score (nSPS) is 22.5. The van der Waals surface area contributed by atoms with Crippen LogP contribution in [0, 0.1) is 13.8 Å². The first-order valence-corrected chi connectivity index (χ1v) is 13.0. The zero-order chi connectivity index (χ0) is 25.2. The Hall–Kier alpha value is -3.22. The van der Waals surface area contributed by atoms with E-state index in [9.17, 15) is 9.59 Å². The molecule has 0 spiro atoms. The van der Waals surface area contributed by atoms with E-state index in [1.54, 1.807) is 15.5 Å². The number of benzene rings is 2. The topological polar surface area (TPSA) is 71.6 Å². The van der Waals surface area contributed by atoms with E-state index < -0.39 is 0 Å². The Morgan fingerprint density at radius 3 is 2.53 bits per heavy atom. The van der Waals surface area contributed by atoms with E-state index in [0.29, 0.717) is 25.2 Å². The molecule has 2 aliphatic rings. The van der Waals surface area contributed by atoms with E-state index in [2.05, 4.69) is 61.2 Å². The maximum atomic E-state index is 13.8. The molecule has 0 saturated carbocycles. The maximum Gasteiger partial charge on any atom is 0.274 e. The summed E-state index contributed by atoms with van der Waals surface area (Å²) in [5.41, 5.74) is 11.5. The number of carbonyl (C=O) groups excluding carboxylic acids is 1. The Labute approximate surface area is 213 Å². The summed E-state index contributed by atoms with van der Waals surface area (Å²) in [7, 11) is 0. The van der Waals surface area contributed by atoms with Crippen molar-refractivity contribution in [1.82, 2.24) is 9.47 Å². The predicted octanol–water partition coefficient (Wildman–Crippen LogP) is 3.65. The highest BCUT2D eigenvalue weighted by molar-refractivity contribution is 5.97. The second-order valence-electron chi connectivity index (χ2n) is 10.4. The molecule has 1 amide bonds. The van der Waals surface area contributed by atoms with Gasteiger partial charge in [-0.1, -0.05) is 48.5 Å². The smallest absolute Gasteiger partial charge is 0.274 e. The third-order valence-electron chi connectivity index (χ3n) is 7.90. The van der Waals surface area contributed by atoms with E-state index >= 15 is 0 Å². The number of hydrogen-bond donors (Lipinski definition) is 1. The molecule has 2 fully saturated rings. The molecule has 2 aliphatic heterocycles.